The number of ether oxygens (including phenoxy) is 5. The quantitative estimate of drug-likeness (QED) is 0.162. The van der Waals surface area contributed by atoms with Crippen molar-refractivity contribution in [2.24, 2.45) is 5.73 Å². The van der Waals surface area contributed by atoms with Gasteiger partial charge in [-0.25, -0.2) is 4.79 Å². The number of unbranched alkanes of at least 4 members (excludes halogenated alkanes) is 1. The third-order valence-corrected chi connectivity index (χ3v) is 6.50. The molecule has 0 saturated heterocycles. The molecule has 1 unspecified atom stereocenters. The number of hydrogen-bond donors (Lipinski definition) is 1. The molecule has 8 nitrogen and oxygen atoms in total. The number of nitrogens with two attached hydrogens (primary N) is 1. The van der Waals surface area contributed by atoms with Gasteiger partial charge in [-0.2, -0.15) is 5.26 Å². The Balaban J connectivity index is 1.57. The Morgan fingerprint density at radius 1 is 1.02 bits per heavy atom. The molecule has 9 heteroatoms. The fourth-order valence-corrected chi connectivity index (χ4v) is 4.56. The van der Waals surface area contributed by atoms with E-state index in [1.807, 2.05) is 32.0 Å². The fraction of sp³-hybridized carbons (Fsp3) is 0.290. The maximum atomic E-state index is 12.5. The molecule has 4 rings (SSSR count). The summed E-state index contributed by atoms with van der Waals surface area (Å²) in [6, 6.07) is 17.9. The molecule has 1 aliphatic rings. The van der Waals surface area contributed by atoms with E-state index in [0.717, 1.165) is 24.0 Å². The molecule has 0 saturated carbocycles. The number of hydrogen-bond acceptors (Lipinski definition) is 8. The first-order valence-electron chi connectivity index (χ1n) is 13.0. The van der Waals surface area contributed by atoms with Gasteiger partial charge in [0.2, 0.25) is 5.88 Å². The van der Waals surface area contributed by atoms with Gasteiger partial charge in [-0.15, -0.1) is 0 Å². The largest absolute Gasteiger partial charge is 0.490 e. The number of carbonyl (C=O) groups excluding carboxylic acids is 1. The van der Waals surface area contributed by atoms with Gasteiger partial charge in [-0.05, 0) is 67.8 Å². The predicted octanol–water partition coefficient (Wildman–Crippen LogP) is 6.43. The molecule has 0 spiro atoms. The Morgan fingerprint density at radius 2 is 1.82 bits per heavy atom. The van der Waals surface area contributed by atoms with Gasteiger partial charge in [0, 0.05) is 16.7 Å². The zero-order valence-electron chi connectivity index (χ0n) is 22.7. The fourth-order valence-electron chi connectivity index (χ4n) is 4.33. The van der Waals surface area contributed by atoms with Gasteiger partial charge in [0.05, 0.1) is 19.1 Å². The van der Waals surface area contributed by atoms with Crippen molar-refractivity contribution in [3.05, 3.63) is 87.8 Å². The van der Waals surface area contributed by atoms with E-state index in [-0.39, 0.29) is 23.8 Å². The molecule has 208 valence electrons. The molecule has 2 N–H and O–H groups in total. The number of carbonyl (C=O) groups is 1. The van der Waals surface area contributed by atoms with Crippen molar-refractivity contribution in [3.8, 4) is 34.8 Å². The van der Waals surface area contributed by atoms with E-state index in [1.165, 1.54) is 0 Å². The van der Waals surface area contributed by atoms with Crippen molar-refractivity contribution in [2.75, 3.05) is 19.8 Å². The minimum atomic E-state index is -0.595. The Hall–Kier alpha value is -4.35. The molecule has 1 atom stereocenters. The second kappa shape index (κ2) is 13.1. The molecule has 40 heavy (non-hydrogen) atoms. The van der Waals surface area contributed by atoms with Crippen LogP contribution in [0, 0.1) is 18.3 Å². The number of aryl methyl sites for hydroxylation is 1. The van der Waals surface area contributed by atoms with Crippen molar-refractivity contribution in [2.45, 2.75) is 39.5 Å². The van der Waals surface area contributed by atoms with Crippen molar-refractivity contribution in [3.63, 3.8) is 0 Å². The molecule has 1 heterocycles. The summed E-state index contributed by atoms with van der Waals surface area (Å²) >= 11 is 5.97. The van der Waals surface area contributed by atoms with Gasteiger partial charge in [0.15, 0.2) is 18.1 Å². The first kappa shape index (κ1) is 28.7. The molecule has 3 aromatic carbocycles. The molecule has 3 aromatic rings. The van der Waals surface area contributed by atoms with Crippen LogP contribution < -0.4 is 29.4 Å². The van der Waals surface area contributed by atoms with Gasteiger partial charge in [-0.3, -0.25) is 0 Å². The van der Waals surface area contributed by atoms with Gasteiger partial charge in [0.1, 0.15) is 28.9 Å². The predicted molar refractivity (Wildman–Crippen MR) is 151 cm³/mol. The molecule has 0 bridgehead atoms. The maximum absolute atomic E-state index is 12.5. The van der Waals surface area contributed by atoms with Gasteiger partial charge >= 0.3 is 5.97 Å². The van der Waals surface area contributed by atoms with Crippen molar-refractivity contribution in [1.82, 2.24) is 0 Å². The summed E-state index contributed by atoms with van der Waals surface area (Å²) in [4.78, 5) is 12.5. The van der Waals surface area contributed by atoms with Crippen LogP contribution >= 0.6 is 11.6 Å². The monoisotopic (exact) mass is 562 g/mol. The third kappa shape index (κ3) is 6.61. The summed E-state index contributed by atoms with van der Waals surface area (Å²) in [6.07, 6.45) is 1.95. The van der Waals surface area contributed by atoms with Crippen LogP contribution in [0.15, 0.2) is 66.1 Å². The Morgan fingerprint density at radius 3 is 2.55 bits per heavy atom. The van der Waals surface area contributed by atoms with E-state index in [4.69, 9.17) is 41.0 Å². The molecule has 0 fully saturated rings. The lowest BCUT2D eigenvalue weighted by Gasteiger charge is -2.27. The second-order valence-corrected chi connectivity index (χ2v) is 9.57. The van der Waals surface area contributed by atoms with Crippen LogP contribution in [0.3, 0.4) is 0 Å². The van der Waals surface area contributed by atoms with Crippen LogP contribution in [0.5, 0.6) is 28.7 Å². The van der Waals surface area contributed by atoms with Crippen LogP contribution in [0.4, 0.5) is 0 Å². The second-order valence-electron chi connectivity index (χ2n) is 9.14. The summed E-state index contributed by atoms with van der Waals surface area (Å²) in [5.41, 5.74) is 8.72. The maximum Gasteiger partial charge on any atom is 0.349 e. The summed E-state index contributed by atoms with van der Waals surface area (Å²) in [6.45, 7) is 6.57. The van der Waals surface area contributed by atoms with Gasteiger partial charge in [-0.1, -0.05) is 37.1 Å². The van der Waals surface area contributed by atoms with Crippen LogP contribution in [-0.4, -0.2) is 25.8 Å². The molecular formula is C31H31ClN2O6. The van der Waals surface area contributed by atoms with Crippen LogP contribution in [0.2, 0.25) is 5.02 Å². The highest BCUT2D eigenvalue weighted by Crippen LogP contribution is 2.45. The first-order valence-corrected chi connectivity index (χ1v) is 13.4. The molecule has 0 aromatic heterocycles. The normalized spacial score (nSPS) is 14.0. The highest BCUT2D eigenvalue weighted by Gasteiger charge is 2.32. The third-order valence-electron chi connectivity index (χ3n) is 6.26. The Kier molecular flexibility index (Phi) is 9.41. The van der Waals surface area contributed by atoms with Crippen LogP contribution in [-0.2, 0) is 4.79 Å². The van der Waals surface area contributed by atoms with E-state index in [9.17, 15) is 10.1 Å². The van der Waals surface area contributed by atoms with E-state index >= 15 is 0 Å². The SMILES string of the molecule is CCCCOc1ccc(C2C(C#N)=C(N)Oc3cc(OC(=O)COc4ccc(Cl)cc4C)ccc32)cc1OCC. The molecule has 1 aliphatic heterocycles. The Bertz CT molecular complexity index is 1460. The van der Waals surface area contributed by atoms with E-state index in [2.05, 4.69) is 13.0 Å². The number of fused-ring (bicyclic) bond motifs is 1. The smallest absolute Gasteiger partial charge is 0.349 e. The molecular weight excluding hydrogens is 532 g/mol. The molecule has 0 radical (unpaired) electrons. The van der Waals surface area contributed by atoms with Crippen LogP contribution in [0.1, 0.15) is 49.3 Å². The average Bonchev–Trinajstić information content (AvgIpc) is 2.93. The highest BCUT2D eigenvalue weighted by atomic mass is 35.5. The summed E-state index contributed by atoms with van der Waals surface area (Å²) in [5.74, 6) is 1.26. The lowest BCUT2D eigenvalue weighted by Crippen LogP contribution is -2.22. The molecule has 0 aliphatic carbocycles. The summed E-state index contributed by atoms with van der Waals surface area (Å²) in [7, 11) is 0. The minimum Gasteiger partial charge on any atom is -0.490 e. The van der Waals surface area contributed by atoms with Crippen molar-refractivity contribution >= 4 is 17.6 Å². The zero-order valence-corrected chi connectivity index (χ0v) is 23.4. The number of benzene rings is 3. The number of nitrogens with zero attached hydrogens (tertiary/aromatic N) is 1. The van der Waals surface area contributed by atoms with E-state index in [1.54, 1.807) is 36.4 Å². The van der Waals surface area contributed by atoms with Crippen molar-refractivity contribution < 1.29 is 28.5 Å². The highest BCUT2D eigenvalue weighted by molar-refractivity contribution is 6.30. The number of rotatable bonds is 11. The van der Waals surface area contributed by atoms with Crippen molar-refractivity contribution in [1.29, 1.82) is 5.26 Å². The number of esters is 1. The van der Waals surface area contributed by atoms with E-state index < -0.39 is 11.9 Å². The number of nitriles is 1. The van der Waals surface area contributed by atoms with Gasteiger partial charge < -0.3 is 29.4 Å². The Labute approximate surface area is 238 Å². The zero-order chi connectivity index (χ0) is 28.6. The lowest BCUT2D eigenvalue weighted by atomic mass is 9.83. The number of halogens is 1. The first-order chi connectivity index (χ1) is 19.3. The minimum absolute atomic E-state index is 0.0220. The lowest BCUT2D eigenvalue weighted by molar-refractivity contribution is -0.136. The average molecular weight is 563 g/mol. The summed E-state index contributed by atoms with van der Waals surface area (Å²) in [5, 5.41) is 10.5. The van der Waals surface area contributed by atoms with Gasteiger partial charge in [0.25, 0.3) is 0 Å². The topological polar surface area (TPSA) is 113 Å². The van der Waals surface area contributed by atoms with E-state index in [0.29, 0.717) is 46.8 Å². The molecule has 0 amide bonds. The summed E-state index contributed by atoms with van der Waals surface area (Å²) < 4.78 is 28.6. The standard InChI is InChI=1S/C31H31ClN2O6/c1-4-6-13-37-26-11-7-20(15-28(26)36-5-2)30-23-10-9-22(16-27(23)40-31(34)24(30)17-33)39-29(35)18-38-25-12-8-21(32)14-19(25)3/h7-12,14-16,30H,4-6,13,18,34H2,1-3H3. The van der Waals surface area contributed by atoms with Crippen LogP contribution in [0.25, 0.3) is 0 Å². The number of allylic oxidation sites excluding steroid dienone is 1.